The Labute approximate surface area is 89.3 Å². The molecule has 1 heterocycles. The fourth-order valence-electron chi connectivity index (χ4n) is 1.96. The number of nitrogens with zero attached hydrogens (tertiary/aromatic N) is 1. The van der Waals surface area contributed by atoms with Crippen LogP contribution < -0.4 is 0 Å². The van der Waals surface area contributed by atoms with Gasteiger partial charge in [-0.05, 0) is 25.5 Å². The number of amides is 1. The van der Waals surface area contributed by atoms with E-state index in [9.17, 15) is 9.90 Å². The number of hydrogen-bond donors (Lipinski definition) is 1. The first-order valence-corrected chi connectivity index (χ1v) is 5.24. The molecule has 0 saturated carbocycles. The highest BCUT2D eigenvalue weighted by atomic mass is 16.3. The molecule has 0 radical (unpaired) electrons. The van der Waals surface area contributed by atoms with Gasteiger partial charge in [0.05, 0.1) is 12.1 Å². The van der Waals surface area contributed by atoms with Crippen molar-refractivity contribution < 1.29 is 9.90 Å². The molecular weight excluding hydrogens is 190 g/mol. The largest absolute Gasteiger partial charge is 0.391 e. The van der Waals surface area contributed by atoms with Crippen molar-refractivity contribution in [3.8, 4) is 0 Å². The summed E-state index contributed by atoms with van der Waals surface area (Å²) < 4.78 is 0. The maximum absolute atomic E-state index is 12.0. The molecule has 1 saturated heterocycles. The van der Waals surface area contributed by atoms with E-state index in [2.05, 4.69) is 0 Å². The summed E-state index contributed by atoms with van der Waals surface area (Å²) in [6.45, 7) is 2.54. The number of carbonyl (C=O) groups is 1. The Balaban J connectivity index is 2.16. The zero-order chi connectivity index (χ0) is 10.8. The number of aliphatic hydroxyl groups excluding tert-OH is 1. The summed E-state index contributed by atoms with van der Waals surface area (Å²) in [6, 6.07) is 9.13. The maximum atomic E-state index is 12.0. The molecule has 15 heavy (non-hydrogen) atoms. The molecule has 80 valence electrons. The first kappa shape index (κ1) is 10.2. The first-order chi connectivity index (χ1) is 7.20. The number of carbonyl (C=O) groups excluding carboxylic acids is 1. The fourth-order valence-corrected chi connectivity index (χ4v) is 1.96. The molecule has 1 N–H and O–H groups in total. The lowest BCUT2D eigenvalue weighted by molar-refractivity contribution is 0.0667. The van der Waals surface area contributed by atoms with Crippen LogP contribution in [0.25, 0.3) is 0 Å². The smallest absolute Gasteiger partial charge is 0.254 e. The topological polar surface area (TPSA) is 40.5 Å². The predicted octanol–water partition coefficient (Wildman–Crippen LogP) is 1.28. The van der Waals surface area contributed by atoms with Crippen LogP contribution in [0.1, 0.15) is 23.7 Å². The molecule has 3 nitrogen and oxygen atoms in total. The Kier molecular flexibility index (Phi) is 2.73. The highest BCUT2D eigenvalue weighted by Crippen LogP contribution is 2.19. The van der Waals surface area contributed by atoms with Gasteiger partial charge in [0.15, 0.2) is 0 Å². The van der Waals surface area contributed by atoms with E-state index >= 15 is 0 Å². The second-order valence-electron chi connectivity index (χ2n) is 3.96. The molecule has 0 spiro atoms. The Morgan fingerprint density at radius 3 is 2.60 bits per heavy atom. The fraction of sp³-hybridized carbons (Fsp3) is 0.417. The van der Waals surface area contributed by atoms with Gasteiger partial charge in [0.25, 0.3) is 5.91 Å². The van der Waals surface area contributed by atoms with Crippen LogP contribution in [-0.4, -0.2) is 34.6 Å². The van der Waals surface area contributed by atoms with Crippen LogP contribution in [0.2, 0.25) is 0 Å². The quantitative estimate of drug-likeness (QED) is 0.750. The van der Waals surface area contributed by atoms with E-state index in [1.165, 1.54) is 0 Å². The molecule has 1 aromatic carbocycles. The summed E-state index contributed by atoms with van der Waals surface area (Å²) >= 11 is 0. The molecular formula is C12H15NO2. The Hall–Kier alpha value is -1.35. The van der Waals surface area contributed by atoms with Crippen molar-refractivity contribution in [2.45, 2.75) is 25.5 Å². The van der Waals surface area contributed by atoms with Crippen LogP contribution in [0.5, 0.6) is 0 Å². The van der Waals surface area contributed by atoms with E-state index in [0.29, 0.717) is 18.5 Å². The molecule has 0 aliphatic carbocycles. The molecule has 3 heteroatoms. The Bertz CT molecular complexity index is 350. The normalized spacial score (nSPS) is 25.6. The van der Waals surface area contributed by atoms with Gasteiger partial charge in [-0.3, -0.25) is 4.79 Å². The van der Waals surface area contributed by atoms with Crippen LogP contribution >= 0.6 is 0 Å². The zero-order valence-corrected chi connectivity index (χ0v) is 8.76. The number of likely N-dealkylation sites (tertiary alicyclic amines) is 1. The van der Waals surface area contributed by atoms with E-state index in [1.54, 1.807) is 17.0 Å². The zero-order valence-electron chi connectivity index (χ0n) is 8.76. The predicted molar refractivity (Wildman–Crippen MR) is 57.6 cm³/mol. The van der Waals surface area contributed by atoms with Gasteiger partial charge in [0.2, 0.25) is 0 Å². The summed E-state index contributed by atoms with van der Waals surface area (Å²) in [5.74, 6) is 0.0136. The molecule has 1 aromatic rings. The minimum absolute atomic E-state index is 0.0136. The minimum Gasteiger partial charge on any atom is -0.391 e. The second-order valence-corrected chi connectivity index (χ2v) is 3.96. The summed E-state index contributed by atoms with van der Waals surface area (Å²) in [5.41, 5.74) is 0.693. The highest BCUT2D eigenvalue weighted by Gasteiger charge is 2.32. The third-order valence-corrected chi connectivity index (χ3v) is 3.00. The third-order valence-electron chi connectivity index (χ3n) is 3.00. The highest BCUT2D eigenvalue weighted by molar-refractivity contribution is 5.94. The minimum atomic E-state index is -0.377. The molecule has 0 unspecified atom stereocenters. The summed E-state index contributed by atoms with van der Waals surface area (Å²) in [4.78, 5) is 13.8. The summed E-state index contributed by atoms with van der Waals surface area (Å²) in [7, 11) is 0. The maximum Gasteiger partial charge on any atom is 0.254 e. The van der Waals surface area contributed by atoms with Crippen LogP contribution in [0.4, 0.5) is 0 Å². The number of rotatable bonds is 1. The van der Waals surface area contributed by atoms with E-state index in [4.69, 9.17) is 0 Å². The van der Waals surface area contributed by atoms with Gasteiger partial charge in [0.1, 0.15) is 0 Å². The molecule has 1 aliphatic heterocycles. The number of benzene rings is 1. The van der Waals surface area contributed by atoms with Crippen molar-refractivity contribution in [1.82, 2.24) is 4.90 Å². The lowest BCUT2D eigenvalue weighted by atomic mass is 10.1. The molecule has 0 bridgehead atoms. The molecule has 1 fully saturated rings. The lowest BCUT2D eigenvalue weighted by Crippen LogP contribution is -2.37. The van der Waals surface area contributed by atoms with Crippen LogP contribution in [0, 0.1) is 0 Å². The molecule has 2 atom stereocenters. The van der Waals surface area contributed by atoms with Crippen molar-refractivity contribution in [2.24, 2.45) is 0 Å². The summed E-state index contributed by atoms with van der Waals surface area (Å²) in [6.07, 6.45) is 0.303. The van der Waals surface area contributed by atoms with Gasteiger partial charge >= 0.3 is 0 Å². The molecule has 0 aromatic heterocycles. The number of aliphatic hydroxyl groups is 1. The number of hydrogen-bond acceptors (Lipinski definition) is 2. The molecule has 2 rings (SSSR count). The lowest BCUT2D eigenvalue weighted by Gasteiger charge is -2.22. The first-order valence-electron chi connectivity index (χ1n) is 5.24. The molecule has 1 aliphatic rings. The van der Waals surface area contributed by atoms with Gasteiger partial charge in [-0.1, -0.05) is 18.2 Å². The second kappa shape index (κ2) is 4.03. The van der Waals surface area contributed by atoms with E-state index in [-0.39, 0.29) is 18.1 Å². The van der Waals surface area contributed by atoms with Crippen molar-refractivity contribution >= 4 is 5.91 Å². The standard InChI is InChI=1S/C12H15NO2/c1-9-11(14)7-8-13(9)12(15)10-5-3-2-4-6-10/h2-6,9,11,14H,7-8H2,1H3/t9-,11+/m1/s1. The third kappa shape index (κ3) is 1.88. The van der Waals surface area contributed by atoms with E-state index in [0.717, 1.165) is 0 Å². The average molecular weight is 205 g/mol. The van der Waals surface area contributed by atoms with Crippen LogP contribution in [-0.2, 0) is 0 Å². The average Bonchev–Trinajstić information content (AvgIpc) is 2.60. The Morgan fingerprint density at radius 1 is 1.40 bits per heavy atom. The van der Waals surface area contributed by atoms with Crippen molar-refractivity contribution in [3.05, 3.63) is 35.9 Å². The van der Waals surface area contributed by atoms with Gasteiger partial charge in [-0.15, -0.1) is 0 Å². The van der Waals surface area contributed by atoms with E-state index in [1.807, 2.05) is 25.1 Å². The van der Waals surface area contributed by atoms with Gasteiger partial charge < -0.3 is 10.0 Å². The SMILES string of the molecule is C[C@@H]1[C@@H](O)CCN1C(=O)c1ccccc1. The van der Waals surface area contributed by atoms with E-state index < -0.39 is 0 Å². The monoisotopic (exact) mass is 205 g/mol. The Morgan fingerprint density at radius 2 is 2.07 bits per heavy atom. The van der Waals surface area contributed by atoms with Crippen molar-refractivity contribution in [1.29, 1.82) is 0 Å². The van der Waals surface area contributed by atoms with Crippen LogP contribution in [0.3, 0.4) is 0 Å². The van der Waals surface area contributed by atoms with Crippen LogP contribution in [0.15, 0.2) is 30.3 Å². The van der Waals surface area contributed by atoms with Crippen molar-refractivity contribution in [3.63, 3.8) is 0 Å². The van der Waals surface area contributed by atoms with Gasteiger partial charge in [0, 0.05) is 12.1 Å². The van der Waals surface area contributed by atoms with Crippen molar-refractivity contribution in [2.75, 3.05) is 6.54 Å². The summed E-state index contributed by atoms with van der Waals surface area (Å²) in [5, 5.41) is 9.57. The van der Waals surface area contributed by atoms with Gasteiger partial charge in [-0.25, -0.2) is 0 Å². The van der Waals surface area contributed by atoms with Gasteiger partial charge in [-0.2, -0.15) is 0 Å². The molecule has 1 amide bonds.